The zero-order valence-corrected chi connectivity index (χ0v) is 12.3. The Morgan fingerprint density at radius 3 is 2.91 bits per heavy atom. The lowest BCUT2D eigenvalue weighted by molar-refractivity contribution is 0.248. The second-order valence-electron chi connectivity index (χ2n) is 4.99. The molecule has 0 saturated heterocycles. The SMILES string of the molecule is C=CCc1cc(OC)c(O)c(C2=Cc3ccccc3ON2)c1. The van der Waals surface area contributed by atoms with Gasteiger partial charge in [0.25, 0.3) is 0 Å². The van der Waals surface area contributed by atoms with Crippen molar-refractivity contribution in [3.8, 4) is 17.2 Å². The van der Waals surface area contributed by atoms with Gasteiger partial charge in [-0.05, 0) is 36.3 Å². The Bertz CT molecular complexity index is 750. The standard InChI is InChI=1S/C18H17NO3/c1-3-6-12-9-14(18(20)17(10-12)21-2)15-11-13-7-4-5-8-16(13)22-19-15/h3-5,7-11,19-20H,1,6H2,2H3. The van der Waals surface area contributed by atoms with Gasteiger partial charge in [-0.1, -0.05) is 24.3 Å². The van der Waals surface area contributed by atoms with Crippen LogP contribution in [0.5, 0.6) is 17.2 Å². The molecule has 4 heteroatoms. The molecule has 0 unspecified atom stereocenters. The largest absolute Gasteiger partial charge is 0.504 e. The highest BCUT2D eigenvalue weighted by Crippen LogP contribution is 2.37. The summed E-state index contributed by atoms with van der Waals surface area (Å²) in [6.45, 7) is 3.75. The summed E-state index contributed by atoms with van der Waals surface area (Å²) in [5.41, 5.74) is 6.13. The van der Waals surface area contributed by atoms with Gasteiger partial charge in [0.1, 0.15) is 0 Å². The molecule has 2 aromatic carbocycles. The van der Waals surface area contributed by atoms with E-state index in [0.717, 1.165) is 16.9 Å². The highest BCUT2D eigenvalue weighted by atomic mass is 16.6. The van der Waals surface area contributed by atoms with Crippen molar-refractivity contribution in [1.82, 2.24) is 5.48 Å². The number of fused-ring (bicyclic) bond motifs is 1. The molecule has 0 saturated carbocycles. The summed E-state index contributed by atoms with van der Waals surface area (Å²) in [5.74, 6) is 1.26. The van der Waals surface area contributed by atoms with Gasteiger partial charge in [0.05, 0.1) is 12.8 Å². The Morgan fingerprint density at radius 2 is 2.14 bits per heavy atom. The summed E-state index contributed by atoms with van der Waals surface area (Å²) < 4.78 is 5.25. The van der Waals surface area contributed by atoms with Crippen molar-refractivity contribution < 1.29 is 14.7 Å². The summed E-state index contributed by atoms with van der Waals surface area (Å²) in [6, 6.07) is 11.4. The van der Waals surface area contributed by atoms with E-state index >= 15 is 0 Å². The number of phenolic OH excluding ortho intramolecular Hbond substituents is 1. The molecule has 4 nitrogen and oxygen atoms in total. The summed E-state index contributed by atoms with van der Waals surface area (Å²) in [4.78, 5) is 5.53. The van der Waals surface area contributed by atoms with Gasteiger partial charge in [0.15, 0.2) is 17.2 Å². The van der Waals surface area contributed by atoms with Crippen LogP contribution < -0.4 is 15.1 Å². The molecule has 1 aliphatic rings. The first kappa shape index (κ1) is 14.1. The summed E-state index contributed by atoms with van der Waals surface area (Å²) in [7, 11) is 1.53. The molecule has 112 valence electrons. The molecule has 0 fully saturated rings. The van der Waals surface area contributed by atoms with Gasteiger partial charge in [0, 0.05) is 11.1 Å². The van der Waals surface area contributed by atoms with E-state index in [-0.39, 0.29) is 5.75 Å². The van der Waals surface area contributed by atoms with Crippen LogP contribution in [0, 0.1) is 0 Å². The van der Waals surface area contributed by atoms with E-state index in [0.29, 0.717) is 23.4 Å². The fourth-order valence-corrected chi connectivity index (χ4v) is 2.43. The zero-order chi connectivity index (χ0) is 15.5. The lowest BCUT2D eigenvalue weighted by atomic mass is 10.0. The Hall–Kier alpha value is -2.88. The molecule has 22 heavy (non-hydrogen) atoms. The number of para-hydroxylation sites is 1. The zero-order valence-electron chi connectivity index (χ0n) is 12.3. The van der Waals surface area contributed by atoms with Crippen molar-refractivity contribution in [2.45, 2.75) is 6.42 Å². The Labute approximate surface area is 129 Å². The molecule has 0 spiro atoms. The van der Waals surface area contributed by atoms with Crippen molar-refractivity contribution in [1.29, 1.82) is 0 Å². The van der Waals surface area contributed by atoms with Crippen LogP contribution in [0.25, 0.3) is 11.8 Å². The van der Waals surface area contributed by atoms with E-state index in [9.17, 15) is 5.11 Å². The number of hydrogen-bond acceptors (Lipinski definition) is 4. The highest BCUT2D eigenvalue weighted by molar-refractivity contribution is 5.86. The van der Waals surface area contributed by atoms with Crippen LogP contribution in [0.3, 0.4) is 0 Å². The summed E-state index contributed by atoms with van der Waals surface area (Å²) in [6.07, 6.45) is 4.43. The Balaban J connectivity index is 2.10. The number of rotatable bonds is 4. The predicted octanol–water partition coefficient (Wildman–Crippen LogP) is 3.52. The lowest BCUT2D eigenvalue weighted by Crippen LogP contribution is -2.20. The first-order chi connectivity index (χ1) is 10.7. The number of nitrogens with one attached hydrogen (secondary N) is 1. The monoisotopic (exact) mass is 295 g/mol. The molecule has 0 aliphatic carbocycles. The maximum atomic E-state index is 10.4. The third kappa shape index (κ3) is 2.51. The normalized spacial score (nSPS) is 12.5. The number of benzene rings is 2. The summed E-state index contributed by atoms with van der Waals surface area (Å²) in [5, 5.41) is 10.4. The van der Waals surface area contributed by atoms with Gasteiger partial charge < -0.3 is 14.7 Å². The van der Waals surface area contributed by atoms with Crippen molar-refractivity contribution >= 4 is 11.8 Å². The van der Waals surface area contributed by atoms with E-state index in [2.05, 4.69) is 12.1 Å². The van der Waals surface area contributed by atoms with Crippen molar-refractivity contribution in [3.63, 3.8) is 0 Å². The van der Waals surface area contributed by atoms with E-state index in [1.54, 1.807) is 6.07 Å². The van der Waals surface area contributed by atoms with Gasteiger partial charge in [-0.15, -0.1) is 6.58 Å². The summed E-state index contributed by atoms with van der Waals surface area (Å²) >= 11 is 0. The van der Waals surface area contributed by atoms with Crippen LogP contribution in [-0.4, -0.2) is 12.2 Å². The first-order valence-electron chi connectivity index (χ1n) is 6.97. The number of hydrogen-bond donors (Lipinski definition) is 2. The van der Waals surface area contributed by atoms with Gasteiger partial charge >= 0.3 is 0 Å². The molecule has 3 rings (SSSR count). The lowest BCUT2D eigenvalue weighted by Gasteiger charge is -2.21. The van der Waals surface area contributed by atoms with Crippen LogP contribution in [0.2, 0.25) is 0 Å². The molecule has 0 aromatic heterocycles. The minimum atomic E-state index is 0.0806. The van der Waals surface area contributed by atoms with Crippen molar-refractivity contribution in [2.24, 2.45) is 0 Å². The molecule has 0 radical (unpaired) electrons. The van der Waals surface area contributed by atoms with E-state index in [4.69, 9.17) is 9.57 Å². The smallest absolute Gasteiger partial charge is 0.167 e. The second kappa shape index (κ2) is 5.85. The van der Waals surface area contributed by atoms with Gasteiger partial charge in [-0.3, -0.25) is 0 Å². The average molecular weight is 295 g/mol. The number of aromatic hydroxyl groups is 1. The molecule has 0 bridgehead atoms. The van der Waals surface area contributed by atoms with E-state index in [1.807, 2.05) is 42.5 Å². The number of methoxy groups -OCH3 is 1. The third-order valence-electron chi connectivity index (χ3n) is 3.51. The molecule has 1 heterocycles. The molecule has 1 aliphatic heterocycles. The minimum Gasteiger partial charge on any atom is -0.504 e. The number of phenols is 1. The molecular weight excluding hydrogens is 278 g/mol. The van der Waals surface area contributed by atoms with Crippen LogP contribution in [0.4, 0.5) is 0 Å². The molecule has 0 atom stereocenters. The molecule has 2 N–H and O–H groups in total. The Morgan fingerprint density at radius 1 is 1.32 bits per heavy atom. The number of hydroxylamine groups is 1. The van der Waals surface area contributed by atoms with Crippen molar-refractivity contribution in [2.75, 3.05) is 7.11 Å². The average Bonchev–Trinajstić information content (AvgIpc) is 2.56. The van der Waals surface area contributed by atoms with E-state index < -0.39 is 0 Å². The third-order valence-corrected chi connectivity index (χ3v) is 3.51. The first-order valence-corrected chi connectivity index (χ1v) is 6.97. The Kier molecular flexibility index (Phi) is 3.74. The van der Waals surface area contributed by atoms with Gasteiger partial charge in [0.2, 0.25) is 0 Å². The fraction of sp³-hybridized carbons (Fsp3) is 0.111. The van der Waals surface area contributed by atoms with Crippen LogP contribution >= 0.6 is 0 Å². The molecule has 2 aromatic rings. The maximum Gasteiger partial charge on any atom is 0.167 e. The van der Waals surface area contributed by atoms with Gasteiger partial charge in [-0.25, -0.2) is 5.48 Å². The fourth-order valence-electron chi connectivity index (χ4n) is 2.43. The van der Waals surface area contributed by atoms with Crippen molar-refractivity contribution in [3.05, 3.63) is 65.7 Å². The van der Waals surface area contributed by atoms with Crippen LogP contribution in [0.15, 0.2) is 49.1 Å². The highest BCUT2D eigenvalue weighted by Gasteiger charge is 2.18. The van der Waals surface area contributed by atoms with E-state index in [1.165, 1.54) is 7.11 Å². The predicted molar refractivity (Wildman–Crippen MR) is 86.6 cm³/mol. The van der Waals surface area contributed by atoms with Crippen LogP contribution in [-0.2, 0) is 6.42 Å². The number of ether oxygens (including phenoxy) is 1. The topological polar surface area (TPSA) is 50.7 Å². The quantitative estimate of drug-likeness (QED) is 0.847. The number of allylic oxidation sites excluding steroid dienone is 1. The van der Waals surface area contributed by atoms with Gasteiger partial charge in [-0.2, -0.15) is 0 Å². The molecule has 0 amide bonds. The van der Waals surface area contributed by atoms with Crippen LogP contribution in [0.1, 0.15) is 16.7 Å². The minimum absolute atomic E-state index is 0.0806. The maximum absolute atomic E-state index is 10.4. The molecular formula is C18H17NO3. The second-order valence-corrected chi connectivity index (χ2v) is 4.99.